The van der Waals surface area contributed by atoms with E-state index >= 15 is 0 Å². The lowest BCUT2D eigenvalue weighted by molar-refractivity contribution is -0.119. The van der Waals surface area contributed by atoms with Crippen molar-refractivity contribution in [3.63, 3.8) is 0 Å². The molecule has 6 nitrogen and oxygen atoms in total. The van der Waals surface area contributed by atoms with Crippen molar-refractivity contribution in [1.82, 2.24) is 5.43 Å². The summed E-state index contributed by atoms with van der Waals surface area (Å²) in [5.41, 5.74) is 6.00. The highest BCUT2D eigenvalue weighted by molar-refractivity contribution is 7.92. The maximum atomic E-state index is 12.4. The number of nitrogens with one attached hydrogen (secondary N) is 1. The molecule has 0 atom stereocenters. The number of anilines is 1. The molecular weight excluding hydrogens is 374 g/mol. The molecule has 0 radical (unpaired) electrons. The van der Waals surface area contributed by atoms with E-state index in [0.717, 1.165) is 53.1 Å². The van der Waals surface area contributed by atoms with Gasteiger partial charge in [-0.3, -0.25) is 9.10 Å². The van der Waals surface area contributed by atoms with Crippen LogP contribution in [-0.4, -0.2) is 32.8 Å². The zero-order chi connectivity index (χ0) is 21.1. The van der Waals surface area contributed by atoms with Crippen LogP contribution in [0.3, 0.4) is 0 Å². The van der Waals surface area contributed by atoms with Crippen LogP contribution < -0.4 is 9.73 Å². The summed E-state index contributed by atoms with van der Waals surface area (Å²) in [7, 11) is -3.60. The quantitative estimate of drug-likeness (QED) is 0.755. The van der Waals surface area contributed by atoms with E-state index in [0.29, 0.717) is 11.6 Å². The molecule has 0 spiro atoms. The number of hydrazone groups is 1. The fourth-order valence-corrected chi connectivity index (χ4v) is 4.77. The van der Waals surface area contributed by atoms with Gasteiger partial charge in [-0.2, -0.15) is 5.10 Å². The number of carbonyl (C=O) groups excluding carboxylic acids is 1. The summed E-state index contributed by atoms with van der Waals surface area (Å²) >= 11 is 0. The Labute approximate surface area is 169 Å². The second kappa shape index (κ2) is 8.64. The van der Waals surface area contributed by atoms with Crippen molar-refractivity contribution in [2.24, 2.45) is 16.4 Å². The number of nitrogens with zero attached hydrogens (tertiary/aromatic N) is 2. The van der Waals surface area contributed by atoms with Crippen LogP contribution >= 0.6 is 0 Å². The molecule has 1 N–H and O–H groups in total. The molecular formula is C21H33N3O3S. The number of hydrogen-bond donors (Lipinski definition) is 1. The predicted molar refractivity (Wildman–Crippen MR) is 115 cm³/mol. The van der Waals surface area contributed by atoms with Gasteiger partial charge in [0.05, 0.1) is 11.9 Å². The summed E-state index contributed by atoms with van der Waals surface area (Å²) in [6, 6.07) is 5.55. The topological polar surface area (TPSA) is 78.8 Å². The lowest BCUT2D eigenvalue weighted by atomic mass is 9.72. The molecule has 0 unspecified atom stereocenters. The Bertz CT molecular complexity index is 824. The maximum Gasteiger partial charge on any atom is 0.260 e. The molecule has 0 aromatic heterocycles. The lowest BCUT2D eigenvalue weighted by Gasteiger charge is -2.34. The van der Waals surface area contributed by atoms with E-state index in [1.807, 2.05) is 32.0 Å². The normalized spacial score (nSPS) is 17.9. The number of aryl methyl sites for hydroxylation is 2. The highest BCUT2D eigenvalue weighted by atomic mass is 32.2. The van der Waals surface area contributed by atoms with Crippen molar-refractivity contribution in [2.45, 2.75) is 60.3 Å². The fourth-order valence-electron chi connectivity index (χ4n) is 3.80. The van der Waals surface area contributed by atoms with Gasteiger partial charge >= 0.3 is 0 Å². The molecule has 2 rings (SSSR count). The molecule has 0 saturated heterocycles. The predicted octanol–water partition coefficient (Wildman–Crippen LogP) is 3.78. The van der Waals surface area contributed by atoms with Crippen molar-refractivity contribution < 1.29 is 13.2 Å². The van der Waals surface area contributed by atoms with Crippen molar-refractivity contribution in [3.8, 4) is 0 Å². The Morgan fingerprint density at radius 1 is 1.18 bits per heavy atom. The van der Waals surface area contributed by atoms with Gasteiger partial charge in [0.1, 0.15) is 6.54 Å². The van der Waals surface area contributed by atoms with Gasteiger partial charge in [-0.25, -0.2) is 13.8 Å². The van der Waals surface area contributed by atoms with Gasteiger partial charge in [0.15, 0.2) is 0 Å². The van der Waals surface area contributed by atoms with Gasteiger partial charge in [-0.15, -0.1) is 0 Å². The van der Waals surface area contributed by atoms with Crippen LogP contribution in [0.15, 0.2) is 23.3 Å². The Morgan fingerprint density at radius 2 is 1.71 bits per heavy atom. The number of para-hydroxylation sites is 1. The van der Waals surface area contributed by atoms with Crippen LogP contribution in [0, 0.1) is 25.2 Å². The molecule has 1 aromatic carbocycles. The molecule has 0 heterocycles. The van der Waals surface area contributed by atoms with Gasteiger partial charge < -0.3 is 0 Å². The fraction of sp³-hybridized carbons (Fsp3) is 0.619. The smallest absolute Gasteiger partial charge is 0.260 e. The third-order valence-electron chi connectivity index (χ3n) is 5.50. The second-order valence-electron chi connectivity index (χ2n) is 8.86. The molecule has 1 aliphatic rings. The largest absolute Gasteiger partial charge is 0.271 e. The van der Waals surface area contributed by atoms with E-state index < -0.39 is 15.9 Å². The minimum Gasteiger partial charge on any atom is -0.271 e. The van der Waals surface area contributed by atoms with Crippen LogP contribution in [0.1, 0.15) is 57.6 Å². The Balaban J connectivity index is 2.06. The summed E-state index contributed by atoms with van der Waals surface area (Å²) in [6.45, 7) is 10.2. The molecule has 1 saturated carbocycles. The first kappa shape index (κ1) is 22.4. The molecule has 0 aliphatic heterocycles. The van der Waals surface area contributed by atoms with Gasteiger partial charge in [-0.05, 0) is 62.0 Å². The summed E-state index contributed by atoms with van der Waals surface area (Å²) in [5.74, 6) is 0.227. The van der Waals surface area contributed by atoms with Gasteiger partial charge in [0.2, 0.25) is 10.0 Å². The van der Waals surface area contributed by atoms with Crippen LogP contribution in [0.5, 0.6) is 0 Å². The van der Waals surface area contributed by atoms with E-state index in [2.05, 4.69) is 31.3 Å². The van der Waals surface area contributed by atoms with Crippen LogP contribution in [0.2, 0.25) is 0 Å². The Morgan fingerprint density at radius 3 is 2.18 bits per heavy atom. The van der Waals surface area contributed by atoms with Gasteiger partial charge in [-0.1, -0.05) is 39.0 Å². The Hall–Kier alpha value is -1.89. The van der Waals surface area contributed by atoms with Crippen molar-refractivity contribution in [3.05, 3.63) is 29.3 Å². The monoisotopic (exact) mass is 407 g/mol. The van der Waals surface area contributed by atoms with E-state index in [4.69, 9.17) is 0 Å². The molecule has 1 fully saturated rings. The molecule has 1 aromatic rings. The maximum absolute atomic E-state index is 12.4. The number of hydrogen-bond acceptors (Lipinski definition) is 4. The number of amides is 1. The summed E-state index contributed by atoms with van der Waals surface area (Å²) < 4.78 is 25.8. The highest BCUT2D eigenvalue weighted by Gasteiger charge is 2.28. The summed E-state index contributed by atoms with van der Waals surface area (Å²) in [6.07, 6.45) is 4.99. The van der Waals surface area contributed by atoms with E-state index in [9.17, 15) is 13.2 Å². The van der Waals surface area contributed by atoms with Crippen molar-refractivity contribution in [1.29, 1.82) is 0 Å². The molecule has 156 valence electrons. The Kier molecular flexibility index (Phi) is 6.91. The summed E-state index contributed by atoms with van der Waals surface area (Å²) in [4.78, 5) is 12.4. The number of sulfonamides is 1. The SMILES string of the molecule is Cc1cccc(C)c1N(CC(=O)NN=C1CCC(C(C)(C)C)CC1)S(C)(=O)=O. The van der Waals surface area contributed by atoms with E-state index in [1.165, 1.54) is 0 Å². The number of benzene rings is 1. The minimum absolute atomic E-state index is 0.286. The van der Waals surface area contributed by atoms with E-state index in [1.54, 1.807) is 0 Å². The van der Waals surface area contributed by atoms with Gasteiger partial charge in [0, 0.05) is 5.71 Å². The first-order valence-corrected chi connectivity index (χ1v) is 11.6. The zero-order valence-electron chi connectivity index (χ0n) is 17.9. The molecule has 7 heteroatoms. The van der Waals surface area contributed by atoms with Crippen molar-refractivity contribution >= 4 is 27.3 Å². The molecule has 1 aliphatic carbocycles. The highest BCUT2D eigenvalue weighted by Crippen LogP contribution is 2.36. The molecule has 0 bridgehead atoms. The average molecular weight is 408 g/mol. The summed E-state index contributed by atoms with van der Waals surface area (Å²) in [5, 5.41) is 4.27. The zero-order valence-corrected chi connectivity index (χ0v) is 18.7. The number of carbonyl (C=O) groups is 1. The van der Waals surface area contributed by atoms with Gasteiger partial charge in [0.25, 0.3) is 5.91 Å². The van der Waals surface area contributed by atoms with Crippen molar-refractivity contribution in [2.75, 3.05) is 17.1 Å². The lowest BCUT2D eigenvalue weighted by Crippen LogP contribution is -2.40. The first-order chi connectivity index (χ1) is 12.9. The van der Waals surface area contributed by atoms with E-state index in [-0.39, 0.29) is 12.0 Å². The standard InChI is InChI=1S/C21H33N3O3S/c1-15-8-7-9-16(2)20(15)24(28(6,26)27)14-19(25)23-22-18-12-10-17(11-13-18)21(3,4)5/h7-9,17H,10-14H2,1-6H3,(H,23,25). The third-order valence-corrected chi connectivity index (χ3v) is 6.61. The first-order valence-electron chi connectivity index (χ1n) is 9.78. The molecule has 1 amide bonds. The third kappa shape index (κ3) is 5.80. The average Bonchev–Trinajstić information content (AvgIpc) is 2.57. The number of rotatable bonds is 5. The minimum atomic E-state index is -3.60. The second-order valence-corrected chi connectivity index (χ2v) is 10.8. The van der Waals surface area contributed by atoms with Crippen LogP contribution in [-0.2, 0) is 14.8 Å². The van der Waals surface area contributed by atoms with Crippen LogP contribution in [0.25, 0.3) is 0 Å². The van der Waals surface area contributed by atoms with Crippen LogP contribution in [0.4, 0.5) is 5.69 Å². The molecule has 28 heavy (non-hydrogen) atoms.